The molecule has 0 heterocycles. The van der Waals surface area contributed by atoms with E-state index in [9.17, 15) is 4.79 Å². The van der Waals surface area contributed by atoms with Crippen LogP contribution in [0, 0.1) is 11.8 Å². The van der Waals surface area contributed by atoms with Crippen molar-refractivity contribution in [1.29, 1.82) is 0 Å². The van der Waals surface area contributed by atoms with Crippen molar-refractivity contribution in [3.05, 3.63) is 0 Å². The highest BCUT2D eigenvalue weighted by Crippen LogP contribution is 2.40. The summed E-state index contributed by atoms with van der Waals surface area (Å²) in [4.78, 5) is 12.1. The van der Waals surface area contributed by atoms with Gasteiger partial charge in [-0.25, -0.2) is 0 Å². The van der Waals surface area contributed by atoms with Crippen LogP contribution < -0.4 is 0 Å². The molecule has 0 aromatic rings. The van der Waals surface area contributed by atoms with Crippen molar-refractivity contribution in [1.82, 2.24) is 0 Å². The molecule has 0 radical (unpaired) electrons. The zero-order chi connectivity index (χ0) is 13.6. The van der Waals surface area contributed by atoms with Crippen molar-refractivity contribution in [2.75, 3.05) is 0 Å². The molecule has 18 heavy (non-hydrogen) atoms. The van der Waals surface area contributed by atoms with Crippen molar-refractivity contribution in [2.45, 2.75) is 84.7 Å². The molecule has 2 atom stereocenters. The van der Waals surface area contributed by atoms with Crippen LogP contribution in [0.5, 0.6) is 0 Å². The average molecular weight is 254 g/mol. The topological polar surface area (TPSA) is 26.3 Å². The van der Waals surface area contributed by atoms with Gasteiger partial charge in [-0.1, -0.05) is 40.5 Å². The Balaban J connectivity index is 2.74. The lowest BCUT2D eigenvalue weighted by molar-refractivity contribution is -0.175. The number of esters is 1. The highest BCUT2D eigenvalue weighted by atomic mass is 16.6. The Morgan fingerprint density at radius 1 is 1.17 bits per heavy atom. The molecule has 1 fully saturated rings. The first-order valence-corrected chi connectivity index (χ1v) is 7.78. The van der Waals surface area contributed by atoms with Gasteiger partial charge < -0.3 is 4.74 Å². The van der Waals surface area contributed by atoms with Crippen molar-refractivity contribution < 1.29 is 9.53 Å². The highest BCUT2D eigenvalue weighted by Gasteiger charge is 2.41. The zero-order valence-corrected chi connectivity index (χ0v) is 12.6. The molecule has 106 valence electrons. The van der Waals surface area contributed by atoms with E-state index in [0.29, 0.717) is 5.92 Å². The van der Waals surface area contributed by atoms with E-state index >= 15 is 0 Å². The molecule has 1 rings (SSSR count). The fourth-order valence-electron chi connectivity index (χ4n) is 3.01. The summed E-state index contributed by atoms with van der Waals surface area (Å²) in [6.07, 6.45) is 9.05. The molecule has 0 spiro atoms. The van der Waals surface area contributed by atoms with Crippen LogP contribution in [0.4, 0.5) is 0 Å². The lowest BCUT2D eigenvalue weighted by atomic mass is 9.74. The van der Waals surface area contributed by atoms with Gasteiger partial charge in [0.15, 0.2) is 0 Å². The lowest BCUT2D eigenvalue weighted by Gasteiger charge is -2.42. The first-order valence-electron chi connectivity index (χ1n) is 7.78. The van der Waals surface area contributed by atoms with Gasteiger partial charge in [-0.2, -0.15) is 0 Å². The summed E-state index contributed by atoms with van der Waals surface area (Å²) in [6, 6.07) is 0. The van der Waals surface area contributed by atoms with Gasteiger partial charge >= 0.3 is 5.97 Å². The Morgan fingerprint density at radius 2 is 1.78 bits per heavy atom. The van der Waals surface area contributed by atoms with Gasteiger partial charge in [0.2, 0.25) is 0 Å². The number of rotatable bonds is 6. The fourth-order valence-corrected chi connectivity index (χ4v) is 3.01. The number of ether oxygens (including phenoxy) is 1. The largest absolute Gasteiger partial charge is 0.459 e. The second kappa shape index (κ2) is 7.16. The minimum atomic E-state index is -0.158. The molecule has 2 nitrogen and oxygen atoms in total. The van der Waals surface area contributed by atoms with Crippen LogP contribution in [-0.4, -0.2) is 11.6 Å². The van der Waals surface area contributed by atoms with Gasteiger partial charge in [-0.15, -0.1) is 0 Å². The third kappa shape index (κ3) is 3.73. The first-order chi connectivity index (χ1) is 8.55. The molecule has 0 aliphatic heterocycles. The van der Waals surface area contributed by atoms with Gasteiger partial charge in [-0.05, 0) is 44.4 Å². The molecule has 2 heteroatoms. The maximum absolute atomic E-state index is 12.1. The maximum Gasteiger partial charge on any atom is 0.309 e. The van der Waals surface area contributed by atoms with E-state index in [0.717, 1.165) is 25.7 Å². The molecule has 1 aliphatic carbocycles. The molecule has 0 amide bonds. The minimum absolute atomic E-state index is 0.0161. The van der Waals surface area contributed by atoms with E-state index in [2.05, 4.69) is 20.8 Å². The predicted octanol–water partition coefficient (Wildman–Crippen LogP) is 4.71. The molecule has 2 unspecified atom stereocenters. The van der Waals surface area contributed by atoms with Crippen LogP contribution in [0.1, 0.15) is 79.1 Å². The highest BCUT2D eigenvalue weighted by molar-refractivity contribution is 5.72. The Hall–Kier alpha value is -0.530. The quantitative estimate of drug-likeness (QED) is 0.641. The Morgan fingerprint density at radius 3 is 2.28 bits per heavy atom. The van der Waals surface area contributed by atoms with E-state index in [-0.39, 0.29) is 17.5 Å². The lowest BCUT2D eigenvalue weighted by Crippen LogP contribution is -2.44. The zero-order valence-electron chi connectivity index (χ0n) is 12.6. The number of hydrogen-bond acceptors (Lipinski definition) is 2. The van der Waals surface area contributed by atoms with Crippen LogP contribution in [0.15, 0.2) is 0 Å². The molecule has 0 N–H and O–H groups in total. The van der Waals surface area contributed by atoms with Gasteiger partial charge in [-0.3, -0.25) is 4.79 Å². The second-order valence-electron chi connectivity index (χ2n) is 6.05. The van der Waals surface area contributed by atoms with Crippen molar-refractivity contribution in [3.8, 4) is 0 Å². The molecular weight excluding hydrogens is 224 g/mol. The smallest absolute Gasteiger partial charge is 0.309 e. The van der Waals surface area contributed by atoms with Gasteiger partial charge in [0, 0.05) is 0 Å². The van der Waals surface area contributed by atoms with E-state index in [1.807, 2.05) is 6.92 Å². The van der Waals surface area contributed by atoms with Crippen molar-refractivity contribution >= 4 is 5.97 Å². The predicted molar refractivity (Wildman–Crippen MR) is 75.4 cm³/mol. The van der Waals surface area contributed by atoms with Gasteiger partial charge in [0.25, 0.3) is 0 Å². The third-order valence-electron chi connectivity index (χ3n) is 4.64. The minimum Gasteiger partial charge on any atom is -0.459 e. The van der Waals surface area contributed by atoms with E-state index < -0.39 is 0 Å². The van der Waals surface area contributed by atoms with Crippen LogP contribution in [0.2, 0.25) is 0 Å². The van der Waals surface area contributed by atoms with Crippen LogP contribution >= 0.6 is 0 Å². The second-order valence-corrected chi connectivity index (χ2v) is 6.05. The molecule has 0 bridgehead atoms. The maximum atomic E-state index is 12.1. The van der Waals surface area contributed by atoms with Crippen molar-refractivity contribution in [2.24, 2.45) is 11.8 Å². The molecule has 1 aliphatic rings. The molecule has 0 aromatic heterocycles. The fraction of sp³-hybridized carbons (Fsp3) is 0.938. The summed E-state index contributed by atoms with van der Waals surface area (Å²) in [6.45, 7) is 8.50. The van der Waals surface area contributed by atoms with Crippen LogP contribution in [0.3, 0.4) is 0 Å². The first kappa shape index (κ1) is 15.5. The Labute approximate surface area is 112 Å². The van der Waals surface area contributed by atoms with E-state index in [4.69, 9.17) is 4.74 Å². The summed E-state index contributed by atoms with van der Waals surface area (Å²) in [5.41, 5.74) is -0.158. The summed E-state index contributed by atoms with van der Waals surface area (Å²) < 4.78 is 6.01. The molecule has 1 saturated carbocycles. The molecule has 0 aromatic carbocycles. The van der Waals surface area contributed by atoms with Crippen LogP contribution in [0.25, 0.3) is 0 Å². The normalized spacial score (nSPS) is 22.2. The number of carbonyl (C=O) groups excluding carboxylic acids is 1. The van der Waals surface area contributed by atoms with Crippen LogP contribution in [-0.2, 0) is 9.53 Å². The van der Waals surface area contributed by atoms with E-state index in [1.165, 1.54) is 25.7 Å². The van der Waals surface area contributed by atoms with Gasteiger partial charge in [0.05, 0.1) is 5.92 Å². The standard InChI is InChI=1S/C16H30O2/c1-5-10-14(4)16(11-8-7-9-12-16)18-15(17)13(3)6-2/h13-14H,5-12H2,1-4H3. The SMILES string of the molecule is CCCC(C)C1(OC(=O)C(C)CC)CCCCC1. The Bertz CT molecular complexity index is 254. The summed E-state index contributed by atoms with van der Waals surface area (Å²) in [5, 5.41) is 0. The number of carbonyl (C=O) groups is 1. The molecular formula is C16H30O2. The summed E-state index contributed by atoms with van der Waals surface area (Å²) in [5.74, 6) is 0.552. The molecule has 0 saturated heterocycles. The van der Waals surface area contributed by atoms with Gasteiger partial charge in [0.1, 0.15) is 5.60 Å². The van der Waals surface area contributed by atoms with E-state index in [1.54, 1.807) is 0 Å². The Kier molecular flexibility index (Phi) is 6.17. The monoisotopic (exact) mass is 254 g/mol. The number of hydrogen-bond donors (Lipinski definition) is 0. The summed E-state index contributed by atoms with van der Waals surface area (Å²) >= 11 is 0. The average Bonchev–Trinajstić information content (AvgIpc) is 2.39. The van der Waals surface area contributed by atoms with Crippen molar-refractivity contribution in [3.63, 3.8) is 0 Å². The summed E-state index contributed by atoms with van der Waals surface area (Å²) in [7, 11) is 0. The third-order valence-corrected chi connectivity index (χ3v) is 4.64.